The van der Waals surface area contributed by atoms with E-state index in [0.717, 1.165) is 12.8 Å². The number of hydrogen-bond donors (Lipinski definition) is 0. The first kappa shape index (κ1) is 19.0. The van der Waals surface area contributed by atoms with E-state index in [0.29, 0.717) is 24.4 Å². The van der Waals surface area contributed by atoms with E-state index in [1.165, 1.54) is 0 Å². The molecule has 0 spiro atoms. The third-order valence-electron chi connectivity index (χ3n) is 5.31. The average molecular weight is 367 g/mol. The highest BCUT2D eigenvalue weighted by Crippen LogP contribution is 2.36. The van der Waals surface area contributed by atoms with Crippen LogP contribution in [0.3, 0.4) is 0 Å². The Morgan fingerprint density at radius 3 is 2.07 bits per heavy atom. The van der Waals surface area contributed by atoms with Crippen molar-refractivity contribution in [3.05, 3.63) is 66.2 Å². The fourth-order valence-corrected chi connectivity index (χ4v) is 3.40. The normalized spacial score (nSPS) is 15.3. The van der Waals surface area contributed by atoms with Crippen LogP contribution in [0.15, 0.2) is 60.7 Å². The largest absolute Gasteiger partial charge is 0.361 e. The molecule has 1 saturated heterocycles. The summed E-state index contributed by atoms with van der Waals surface area (Å²) in [6.07, 6.45) is 1.51. The highest BCUT2D eigenvalue weighted by atomic mass is 17.2. The van der Waals surface area contributed by atoms with Crippen molar-refractivity contribution in [2.75, 3.05) is 13.1 Å². The smallest absolute Gasteiger partial charge is 0.339 e. The number of rotatable bonds is 5. The molecule has 1 aliphatic heterocycles. The first-order valence-electron chi connectivity index (χ1n) is 9.27. The van der Waals surface area contributed by atoms with Gasteiger partial charge in [-0.1, -0.05) is 36.4 Å². The maximum absolute atomic E-state index is 12.6. The molecule has 142 valence electrons. The second-order valence-corrected chi connectivity index (χ2v) is 7.42. The van der Waals surface area contributed by atoms with Gasteiger partial charge in [0.05, 0.1) is 5.41 Å². The molecule has 2 aromatic rings. The number of likely N-dealkylation sites (tertiary alicyclic amines) is 1. The Morgan fingerprint density at radius 2 is 1.48 bits per heavy atom. The van der Waals surface area contributed by atoms with Gasteiger partial charge in [-0.05, 0) is 56.9 Å². The van der Waals surface area contributed by atoms with Crippen LogP contribution < -0.4 is 4.89 Å². The second-order valence-electron chi connectivity index (χ2n) is 7.42. The third-order valence-corrected chi connectivity index (χ3v) is 5.31. The van der Waals surface area contributed by atoms with Crippen LogP contribution in [-0.2, 0) is 9.68 Å². The lowest BCUT2D eigenvalue weighted by molar-refractivity contribution is -0.227. The predicted molar refractivity (Wildman–Crippen MR) is 102 cm³/mol. The number of piperidine rings is 1. The molecule has 0 aliphatic carbocycles. The van der Waals surface area contributed by atoms with Crippen molar-refractivity contribution < 1.29 is 19.4 Å². The van der Waals surface area contributed by atoms with Gasteiger partial charge in [-0.15, -0.1) is 0 Å². The van der Waals surface area contributed by atoms with Gasteiger partial charge in [-0.25, -0.2) is 9.68 Å². The summed E-state index contributed by atoms with van der Waals surface area (Å²) in [5, 5.41) is 0. The molecule has 2 aromatic carbocycles. The van der Waals surface area contributed by atoms with E-state index in [4.69, 9.17) is 9.78 Å². The zero-order valence-electron chi connectivity index (χ0n) is 15.8. The van der Waals surface area contributed by atoms with Gasteiger partial charge in [0, 0.05) is 18.7 Å². The van der Waals surface area contributed by atoms with Gasteiger partial charge in [0.2, 0.25) is 0 Å². The van der Waals surface area contributed by atoms with E-state index >= 15 is 0 Å². The summed E-state index contributed by atoms with van der Waals surface area (Å²) in [5.74, 6) is 0.273. The molecular formula is C22H25NO4. The molecule has 3 rings (SSSR count). The predicted octanol–water partition coefficient (Wildman–Crippen LogP) is 4.10. The fraction of sp³-hybridized carbons (Fsp3) is 0.364. The number of carbonyl (C=O) groups is 2. The molecule has 5 heteroatoms. The Kier molecular flexibility index (Phi) is 5.79. The monoisotopic (exact) mass is 367 g/mol. The van der Waals surface area contributed by atoms with Crippen LogP contribution in [0.2, 0.25) is 0 Å². The van der Waals surface area contributed by atoms with Crippen LogP contribution in [0.4, 0.5) is 0 Å². The zero-order valence-corrected chi connectivity index (χ0v) is 15.8. The van der Waals surface area contributed by atoms with Gasteiger partial charge in [0.15, 0.2) is 5.75 Å². The minimum absolute atomic E-state index is 0.0434. The van der Waals surface area contributed by atoms with Crippen molar-refractivity contribution in [1.29, 1.82) is 0 Å². The molecule has 0 N–H and O–H groups in total. The van der Waals surface area contributed by atoms with Crippen LogP contribution in [-0.4, -0.2) is 29.9 Å². The van der Waals surface area contributed by atoms with Gasteiger partial charge >= 0.3 is 5.97 Å². The maximum atomic E-state index is 12.6. The fourth-order valence-electron chi connectivity index (χ4n) is 3.40. The van der Waals surface area contributed by atoms with Crippen molar-refractivity contribution in [2.45, 2.75) is 26.7 Å². The molecule has 0 unspecified atom stereocenters. The summed E-state index contributed by atoms with van der Waals surface area (Å²) in [4.78, 5) is 37.2. The van der Waals surface area contributed by atoms with E-state index in [9.17, 15) is 9.59 Å². The van der Waals surface area contributed by atoms with E-state index in [1.54, 1.807) is 12.1 Å². The van der Waals surface area contributed by atoms with Crippen molar-refractivity contribution >= 4 is 11.9 Å². The van der Waals surface area contributed by atoms with Gasteiger partial charge in [-0.2, -0.15) is 0 Å². The second kappa shape index (κ2) is 8.25. The Balaban J connectivity index is 1.54. The Hall–Kier alpha value is -2.82. The molecule has 1 aliphatic rings. The van der Waals surface area contributed by atoms with Crippen LogP contribution in [0.1, 0.15) is 37.0 Å². The zero-order chi connectivity index (χ0) is 19.3. The Bertz CT molecular complexity index is 765. The molecule has 0 aromatic heterocycles. The van der Waals surface area contributed by atoms with Crippen LogP contribution in [0.25, 0.3) is 0 Å². The quantitative estimate of drug-likeness (QED) is 0.590. The number of nitrogens with zero attached hydrogens (tertiary/aromatic N) is 1. The molecule has 1 heterocycles. The summed E-state index contributed by atoms with van der Waals surface area (Å²) >= 11 is 0. The van der Waals surface area contributed by atoms with Crippen LogP contribution >= 0.6 is 0 Å². The molecule has 0 bridgehead atoms. The lowest BCUT2D eigenvalue weighted by atomic mass is 9.73. The number of amides is 1. The highest BCUT2D eigenvalue weighted by molar-refractivity contribution is 5.94. The molecular weight excluding hydrogens is 342 g/mol. The summed E-state index contributed by atoms with van der Waals surface area (Å²) in [6.45, 7) is 5.02. The first-order chi connectivity index (χ1) is 13.0. The average Bonchev–Trinajstić information content (AvgIpc) is 2.73. The van der Waals surface area contributed by atoms with Gasteiger partial charge in [0.25, 0.3) is 5.91 Å². The molecule has 0 radical (unpaired) electrons. The molecule has 1 fully saturated rings. The molecule has 0 saturated carbocycles. The number of carbonyl (C=O) groups excluding carboxylic acids is 2. The lowest BCUT2D eigenvalue weighted by Crippen LogP contribution is -2.45. The lowest BCUT2D eigenvalue weighted by Gasteiger charge is -2.38. The van der Waals surface area contributed by atoms with E-state index in [1.807, 2.05) is 67.3 Å². The first-order valence-corrected chi connectivity index (χ1v) is 9.27. The molecule has 0 atom stereocenters. The topological polar surface area (TPSA) is 55.8 Å². The minimum Gasteiger partial charge on any atom is -0.339 e. The highest BCUT2D eigenvalue weighted by Gasteiger charge is 2.41. The maximum Gasteiger partial charge on any atom is 0.361 e. The summed E-state index contributed by atoms with van der Waals surface area (Å²) < 4.78 is 0. The van der Waals surface area contributed by atoms with Crippen molar-refractivity contribution in [1.82, 2.24) is 4.90 Å². The minimum atomic E-state index is -0.684. The SMILES string of the molecule is CC(C)(C(=O)OOc1ccccc1)C1CCN(C(=O)c2ccccc2)CC1. The molecule has 5 nitrogen and oxygen atoms in total. The number of hydrogen-bond acceptors (Lipinski definition) is 4. The Morgan fingerprint density at radius 1 is 0.926 bits per heavy atom. The number of para-hydroxylation sites is 1. The summed E-state index contributed by atoms with van der Waals surface area (Å²) in [6, 6.07) is 18.2. The van der Waals surface area contributed by atoms with Crippen molar-refractivity contribution in [3.63, 3.8) is 0 Å². The van der Waals surface area contributed by atoms with Crippen molar-refractivity contribution in [2.24, 2.45) is 11.3 Å². The molecule has 1 amide bonds. The number of benzene rings is 2. The van der Waals surface area contributed by atoms with Crippen LogP contribution in [0.5, 0.6) is 5.75 Å². The van der Waals surface area contributed by atoms with Crippen molar-refractivity contribution in [3.8, 4) is 5.75 Å². The summed E-state index contributed by atoms with van der Waals surface area (Å²) in [7, 11) is 0. The van der Waals surface area contributed by atoms with Gasteiger partial charge in [0.1, 0.15) is 0 Å². The van der Waals surface area contributed by atoms with Gasteiger partial charge < -0.3 is 4.90 Å². The van der Waals surface area contributed by atoms with Gasteiger partial charge in [-0.3, -0.25) is 9.68 Å². The van der Waals surface area contributed by atoms with E-state index < -0.39 is 5.41 Å². The van der Waals surface area contributed by atoms with Crippen LogP contribution in [0, 0.1) is 11.3 Å². The van der Waals surface area contributed by atoms with E-state index in [-0.39, 0.29) is 17.8 Å². The standard InChI is InChI=1S/C22H25NO4/c1-22(2,21(25)27-26-19-11-7-4-8-12-19)18-13-15-23(16-14-18)20(24)17-9-5-3-6-10-17/h3-12,18H,13-16H2,1-2H3. The third kappa shape index (κ3) is 4.48. The summed E-state index contributed by atoms with van der Waals surface area (Å²) in [5.41, 5.74) is 0.0160. The van der Waals surface area contributed by atoms with E-state index in [2.05, 4.69) is 0 Å². The molecule has 27 heavy (non-hydrogen) atoms. The Labute approximate surface area is 159 Å².